The molecule has 0 bridgehead atoms. The molecular formula is C19H40O3S2. The molecular weight excluding hydrogens is 340 g/mol. The second-order valence-corrected chi connectivity index (χ2v) is 9.47. The van der Waals surface area contributed by atoms with Gasteiger partial charge < -0.3 is 15.3 Å². The van der Waals surface area contributed by atoms with Crippen molar-refractivity contribution in [2.24, 2.45) is 0 Å². The molecule has 0 fully saturated rings. The lowest BCUT2D eigenvalue weighted by molar-refractivity contribution is -0.0154. The Kier molecular flexibility index (Phi) is 18.8. The molecule has 5 heteroatoms. The van der Waals surface area contributed by atoms with Crippen LogP contribution in [0.1, 0.15) is 84.5 Å². The molecule has 0 aliphatic heterocycles. The first-order valence-corrected chi connectivity index (χ1v) is 12.0. The van der Waals surface area contributed by atoms with E-state index in [1.165, 1.54) is 64.2 Å². The van der Waals surface area contributed by atoms with Crippen molar-refractivity contribution in [1.29, 1.82) is 0 Å². The lowest BCUT2D eigenvalue weighted by Gasteiger charge is -2.22. The quantitative estimate of drug-likeness (QED) is 0.235. The van der Waals surface area contributed by atoms with Gasteiger partial charge in [-0.2, -0.15) is 0 Å². The molecule has 2 atom stereocenters. The Morgan fingerprint density at radius 2 is 1.12 bits per heavy atom. The Hall–Kier alpha value is 0.580. The van der Waals surface area contributed by atoms with Gasteiger partial charge in [0.2, 0.25) is 0 Å². The summed E-state index contributed by atoms with van der Waals surface area (Å²) in [5.41, 5.74) is 0. The second-order valence-electron chi connectivity index (χ2n) is 6.55. The highest BCUT2D eigenvalue weighted by Crippen LogP contribution is 2.30. The molecule has 0 heterocycles. The Morgan fingerprint density at radius 3 is 1.54 bits per heavy atom. The number of aliphatic hydroxyl groups excluding tert-OH is 3. The highest BCUT2D eigenvalue weighted by atomic mass is 32.2. The summed E-state index contributed by atoms with van der Waals surface area (Å²) in [5, 5.41) is 28.6. The van der Waals surface area contributed by atoms with Gasteiger partial charge in [0.25, 0.3) is 0 Å². The van der Waals surface area contributed by atoms with Crippen LogP contribution in [0.4, 0.5) is 0 Å². The Labute approximate surface area is 158 Å². The van der Waals surface area contributed by atoms with E-state index in [1.54, 1.807) is 0 Å². The van der Waals surface area contributed by atoms with Gasteiger partial charge in [0.1, 0.15) is 6.10 Å². The maximum Gasteiger partial charge on any atom is 0.103 e. The van der Waals surface area contributed by atoms with E-state index in [9.17, 15) is 10.2 Å². The maximum absolute atomic E-state index is 10.00. The molecule has 3 nitrogen and oxygen atoms in total. The second kappa shape index (κ2) is 18.4. The molecule has 0 amide bonds. The van der Waals surface area contributed by atoms with Crippen LogP contribution >= 0.6 is 23.5 Å². The third-order valence-corrected chi connectivity index (χ3v) is 7.16. The highest BCUT2D eigenvalue weighted by Gasteiger charge is 2.21. The van der Waals surface area contributed by atoms with Crippen molar-refractivity contribution in [3.05, 3.63) is 0 Å². The number of rotatable bonds is 18. The molecule has 0 aliphatic carbocycles. The normalized spacial score (nSPS) is 14.2. The standard InChI is InChI=1S/C19H40O3S2/c1-3-5-7-9-11-13-23-19(15-17(21)18(22)16-20)24-14-12-10-8-6-4-2/h17-22H,3-16H2,1-2H3. The van der Waals surface area contributed by atoms with Crippen molar-refractivity contribution in [3.8, 4) is 0 Å². The van der Waals surface area contributed by atoms with Crippen molar-refractivity contribution in [1.82, 2.24) is 0 Å². The summed E-state index contributed by atoms with van der Waals surface area (Å²) in [6, 6.07) is 0. The largest absolute Gasteiger partial charge is 0.394 e. The summed E-state index contributed by atoms with van der Waals surface area (Å²) >= 11 is 3.83. The van der Waals surface area contributed by atoms with E-state index in [0.29, 0.717) is 11.0 Å². The molecule has 0 saturated carbocycles. The fourth-order valence-corrected chi connectivity index (χ4v) is 5.40. The van der Waals surface area contributed by atoms with Crippen LogP contribution < -0.4 is 0 Å². The van der Waals surface area contributed by atoms with E-state index in [0.717, 1.165) is 11.5 Å². The van der Waals surface area contributed by atoms with Gasteiger partial charge in [0.15, 0.2) is 0 Å². The molecule has 3 N–H and O–H groups in total. The van der Waals surface area contributed by atoms with Crippen LogP contribution in [0, 0.1) is 0 Å². The van der Waals surface area contributed by atoms with Crippen molar-refractivity contribution in [2.75, 3.05) is 18.1 Å². The van der Waals surface area contributed by atoms with Gasteiger partial charge in [-0.1, -0.05) is 65.2 Å². The minimum atomic E-state index is -1.01. The molecule has 0 aromatic rings. The molecule has 0 aromatic carbocycles. The SMILES string of the molecule is CCCCCCCSC(CC(O)C(O)CO)SCCCCCCC. The van der Waals surface area contributed by atoms with Crippen LogP contribution in [0.3, 0.4) is 0 Å². The third-order valence-electron chi connectivity index (χ3n) is 4.17. The van der Waals surface area contributed by atoms with Crippen molar-refractivity contribution < 1.29 is 15.3 Å². The number of thioether (sulfide) groups is 2. The topological polar surface area (TPSA) is 60.7 Å². The average Bonchev–Trinajstić information content (AvgIpc) is 2.59. The lowest BCUT2D eigenvalue weighted by Crippen LogP contribution is -2.31. The van der Waals surface area contributed by atoms with Crippen LogP contribution in [0.5, 0.6) is 0 Å². The van der Waals surface area contributed by atoms with Crippen LogP contribution in [0.15, 0.2) is 0 Å². The van der Waals surface area contributed by atoms with Crippen LogP contribution in [-0.4, -0.2) is 50.2 Å². The molecule has 0 radical (unpaired) electrons. The Bertz CT molecular complexity index is 239. The van der Waals surface area contributed by atoms with Crippen molar-refractivity contribution in [2.45, 2.75) is 101 Å². The van der Waals surface area contributed by atoms with Gasteiger partial charge >= 0.3 is 0 Å². The van der Waals surface area contributed by atoms with Gasteiger partial charge in [-0.25, -0.2) is 0 Å². The van der Waals surface area contributed by atoms with Crippen LogP contribution in [0.2, 0.25) is 0 Å². The molecule has 146 valence electrons. The zero-order valence-corrected chi connectivity index (χ0v) is 17.4. The molecule has 0 spiro atoms. The lowest BCUT2D eigenvalue weighted by atomic mass is 10.2. The molecule has 0 aliphatic rings. The molecule has 24 heavy (non-hydrogen) atoms. The minimum absolute atomic E-state index is 0.318. The molecule has 0 saturated heterocycles. The van der Waals surface area contributed by atoms with Gasteiger partial charge in [-0.3, -0.25) is 0 Å². The predicted molar refractivity (Wildman–Crippen MR) is 110 cm³/mol. The minimum Gasteiger partial charge on any atom is -0.394 e. The zero-order valence-electron chi connectivity index (χ0n) is 15.8. The molecule has 0 rings (SSSR count). The van der Waals surface area contributed by atoms with Crippen molar-refractivity contribution in [3.63, 3.8) is 0 Å². The first-order chi connectivity index (χ1) is 11.7. The Morgan fingerprint density at radius 1 is 0.667 bits per heavy atom. The smallest absolute Gasteiger partial charge is 0.103 e. The van der Waals surface area contributed by atoms with E-state index < -0.39 is 12.2 Å². The van der Waals surface area contributed by atoms with E-state index in [2.05, 4.69) is 13.8 Å². The van der Waals surface area contributed by atoms with E-state index in [4.69, 9.17) is 5.11 Å². The van der Waals surface area contributed by atoms with Gasteiger partial charge in [-0.15, -0.1) is 23.5 Å². The summed E-state index contributed by atoms with van der Waals surface area (Å²) in [6.45, 7) is 4.10. The maximum atomic E-state index is 10.00. The van der Waals surface area contributed by atoms with Gasteiger partial charge in [0.05, 0.1) is 17.3 Å². The summed E-state index contributed by atoms with van der Waals surface area (Å²) in [5.74, 6) is 2.25. The summed E-state index contributed by atoms with van der Waals surface area (Å²) in [7, 11) is 0. The first kappa shape index (κ1) is 24.6. The number of hydrogen-bond donors (Lipinski definition) is 3. The average molecular weight is 381 g/mol. The Balaban J connectivity index is 4.00. The number of hydrogen-bond acceptors (Lipinski definition) is 5. The fraction of sp³-hybridized carbons (Fsp3) is 1.00. The van der Waals surface area contributed by atoms with Crippen molar-refractivity contribution >= 4 is 23.5 Å². The number of unbranched alkanes of at least 4 members (excludes halogenated alkanes) is 8. The first-order valence-electron chi connectivity index (χ1n) is 9.85. The monoisotopic (exact) mass is 380 g/mol. The predicted octanol–water partition coefficient (Wildman–Crippen LogP) is 4.82. The summed E-state index contributed by atoms with van der Waals surface area (Å²) in [4.78, 5) is 0. The van der Waals surface area contributed by atoms with Gasteiger partial charge in [0, 0.05) is 0 Å². The summed E-state index contributed by atoms with van der Waals surface area (Å²) < 4.78 is 0.318. The fourth-order valence-electron chi connectivity index (χ4n) is 2.50. The highest BCUT2D eigenvalue weighted by molar-refractivity contribution is 8.17. The van der Waals surface area contributed by atoms with E-state index in [-0.39, 0.29) is 6.61 Å². The van der Waals surface area contributed by atoms with Crippen LogP contribution in [-0.2, 0) is 0 Å². The third kappa shape index (κ3) is 14.9. The zero-order chi connectivity index (χ0) is 18.0. The number of aliphatic hydroxyl groups is 3. The summed E-state index contributed by atoms with van der Waals surface area (Å²) in [6.07, 6.45) is 11.6. The molecule has 0 aromatic heterocycles. The van der Waals surface area contributed by atoms with Crippen LogP contribution in [0.25, 0.3) is 0 Å². The van der Waals surface area contributed by atoms with Gasteiger partial charge in [-0.05, 0) is 30.8 Å². The van der Waals surface area contributed by atoms with E-state index >= 15 is 0 Å². The van der Waals surface area contributed by atoms with E-state index in [1.807, 2.05) is 23.5 Å². The molecule has 2 unspecified atom stereocenters.